The standard InChI is InChI=1S/C18H23BrN2O3/c1-24-18(23)16-8-4-5-9-21(16)17(22)14-11-20-10-13(14)12-6-2-3-7-15(12)19/h2-3,6-7,13-14,16,20H,4-5,8-11H2,1H3/t13-,14+,16-/m0/s1. The van der Waals surface area contributed by atoms with Crippen LogP contribution in [0.2, 0.25) is 0 Å². The number of hydrogen-bond donors (Lipinski definition) is 1. The fourth-order valence-corrected chi connectivity index (χ4v) is 4.41. The van der Waals surface area contributed by atoms with Crippen LogP contribution in [0.4, 0.5) is 0 Å². The largest absolute Gasteiger partial charge is 0.467 e. The number of esters is 1. The molecule has 130 valence electrons. The molecule has 2 saturated heterocycles. The number of rotatable bonds is 3. The van der Waals surface area contributed by atoms with E-state index in [0.29, 0.717) is 19.5 Å². The first-order valence-corrected chi connectivity index (χ1v) is 9.26. The Kier molecular flexibility index (Phi) is 5.56. The predicted octanol–water partition coefficient (Wildman–Crippen LogP) is 2.31. The molecule has 1 amide bonds. The van der Waals surface area contributed by atoms with Gasteiger partial charge in [-0.3, -0.25) is 4.79 Å². The van der Waals surface area contributed by atoms with Crippen LogP contribution < -0.4 is 5.32 Å². The molecule has 2 aliphatic rings. The van der Waals surface area contributed by atoms with Crippen molar-refractivity contribution in [2.24, 2.45) is 5.92 Å². The predicted molar refractivity (Wildman–Crippen MR) is 94.6 cm³/mol. The SMILES string of the molecule is COC(=O)[C@@H]1CCCCN1C(=O)[C@@H]1CNC[C@H]1c1ccccc1Br. The number of halogens is 1. The summed E-state index contributed by atoms with van der Waals surface area (Å²) in [5, 5.41) is 3.34. The summed E-state index contributed by atoms with van der Waals surface area (Å²) in [6.07, 6.45) is 2.59. The molecule has 2 aliphatic heterocycles. The zero-order valence-electron chi connectivity index (χ0n) is 13.8. The van der Waals surface area contributed by atoms with E-state index in [1.54, 1.807) is 4.90 Å². The van der Waals surface area contributed by atoms with Gasteiger partial charge in [-0.25, -0.2) is 4.79 Å². The van der Waals surface area contributed by atoms with E-state index in [0.717, 1.165) is 29.4 Å². The first-order chi connectivity index (χ1) is 11.6. The second-order valence-electron chi connectivity index (χ2n) is 6.46. The summed E-state index contributed by atoms with van der Waals surface area (Å²) in [6.45, 7) is 2.06. The number of benzene rings is 1. The summed E-state index contributed by atoms with van der Waals surface area (Å²) in [4.78, 5) is 27.0. The number of methoxy groups -OCH3 is 1. The summed E-state index contributed by atoms with van der Waals surface area (Å²) < 4.78 is 5.93. The quantitative estimate of drug-likeness (QED) is 0.799. The van der Waals surface area contributed by atoms with Gasteiger partial charge in [-0.1, -0.05) is 34.1 Å². The van der Waals surface area contributed by atoms with Crippen molar-refractivity contribution < 1.29 is 14.3 Å². The summed E-state index contributed by atoms with van der Waals surface area (Å²) in [5.74, 6) is -0.260. The number of nitrogens with zero attached hydrogens (tertiary/aromatic N) is 1. The molecule has 1 aromatic rings. The Morgan fingerprint density at radius 2 is 2.04 bits per heavy atom. The number of likely N-dealkylation sites (tertiary alicyclic amines) is 1. The average molecular weight is 395 g/mol. The molecule has 0 radical (unpaired) electrons. The van der Waals surface area contributed by atoms with Gasteiger partial charge in [0.2, 0.25) is 5.91 Å². The Hall–Kier alpha value is -1.40. The lowest BCUT2D eigenvalue weighted by Gasteiger charge is -2.36. The van der Waals surface area contributed by atoms with E-state index in [1.807, 2.05) is 18.2 Å². The van der Waals surface area contributed by atoms with Crippen molar-refractivity contribution in [3.05, 3.63) is 34.3 Å². The Morgan fingerprint density at radius 3 is 2.79 bits per heavy atom. The molecule has 0 spiro atoms. The van der Waals surface area contributed by atoms with E-state index < -0.39 is 6.04 Å². The zero-order chi connectivity index (χ0) is 17.1. The Morgan fingerprint density at radius 1 is 1.25 bits per heavy atom. The highest BCUT2D eigenvalue weighted by Gasteiger charge is 2.41. The molecule has 3 rings (SSSR count). The number of hydrogen-bond acceptors (Lipinski definition) is 4. The first kappa shape index (κ1) is 17.4. The lowest BCUT2D eigenvalue weighted by molar-refractivity contribution is -0.156. The van der Waals surface area contributed by atoms with Gasteiger partial charge in [-0.05, 0) is 30.9 Å². The lowest BCUT2D eigenvalue weighted by Crippen LogP contribution is -2.51. The maximum Gasteiger partial charge on any atom is 0.328 e. The van der Waals surface area contributed by atoms with Crippen LogP contribution in [0.15, 0.2) is 28.7 Å². The van der Waals surface area contributed by atoms with Gasteiger partial charge < -0.3 is 15.0 Å². The summed E-state index contributed by atoms with van der Waals surface area (Å²) >= 11 is 3.60. The second-order valence-corrected chi connectivity index (χ2v) is 7.31. The third-order valence-corrected chi connectivity index (χ3v) is 5.82. The molecule has 2 heterocycles. The van der Waals surface area contributed by atoms with Crippen LogP contribution in [-0.2, 0) is 14.3 Å². The monoisotopic (exact) mass is 394 g/mol. The van der Waals surface area contributed by atoms with E-state index in [1.165, 1.54) is 7.11 Å². The highest BCUT2D eigenvalue weighted by atomic mass is 79.9. The highest BCUT2D eigenvalue weighted by molar-refractivity contribution is 9.10. The molecular formula is C18H23BrN2O3. The van der Waals surface area contributed by atoms with Crippen LogP contribution in [0.3, 0.4) is 0 Å². The summed E-state index contributed by atoms with van der Waals surface area (Å²) in [5.41, 5.74) is 1.15. The summed E-state index contributed by atoms with van der Waals surface area (Å²) in [6, 6.07) is 7.61. The van der Waals surface area contributed by atoms with Crippen LogP contribution in [0.25, 0.3) is 0 Å². The molecule has 24 heavy (non-hydrogen) atoms. The molecule has 3 atom stereocenters. The van der Waals surface area contributed by atoms with Crippen LogP contribution in [-0.4, -0.2) is 49.6 Å². The maximum atomic E-state index is 13.2. The molecule has 0 bridgehead atoms. The van der Waals surface area contributed by atoms with Gasteiger partial charge in [0.15, 0.2) is 0 Å². The number of ether oxygens (including phenoxy) is 1. The number of amides is 1. The molecule has 0 saturated carbocycles. The fraction of sp³-hybridized carbons (Fsp3) is 0.556. The first-order valence-electron chi connectivity index (χ1n) is 8.47. The molecule has 6 heteroatoms. The minimum absolute atomic E-state index is 0.0656. The number of piperidine rings is 1. The van der Waals surface area contributed by atoms with E-state index in [2.05, 4.69) is 27.3 Å². The smallest absolute Gasteiger partial charge is 0.328 e. The zero-order valence-corrected chi connectivity index (χ0v) is 15.4. The van der Waals surface area contributed by atoms with Gasteiger partial charge in [0.25, 0.3) is 0 Å². The highest BCUT2D eigenvalue weighted by Crippen LogP contribution is 2.35. The third-order valence-electron chi connectivity index (χ3n) is 5.10. The number of carbonyl (C=O) groups is 2. The third kappa shape index (κ3) is 3.35. The van der Waals surface area contributed by atoms with E-state index >= 15 is 0 Å². The van der Waals surface area contributed by atoms with Crippen LogP contribution in [0.1, 0.15) is 30.7 Å². The van der Waals surface area contributed by atoms with E-state index in [-0.39, 0.29) is 23.7 Å². The lowest BCUT2D eigenvalue weighted by atomic mass is 9.87. The van der Waals surface area contributed by atoms with Crippen LogP contribution in [0.5, 0.6) is 0 Å². The second kappa shape index (κ2) is 7.66. The van der Waals surface area contributed by atoms with Crippen molar-refractivity contribution in [2.75, 3.05) is 26.7 Å². The summed E-state index contributed by atoms with van der Waals surface area (Å²) in [7, 11) is 1.39. The maximum absolute atomic E-state index is 13.2. The Bertz CT molecular complexity index is 622. The van der Waals surface area contributed by atoms with Crippen LogP contribution in [0, 0.1) is 5.92 Å². The molecule has 0 aliphatic carbocycles. The van der Waals surface area contributed by atoms with Crippen molar-refractivity contribution in [1.82, 2.24) is 10.2 Å². The van der Waals surface area contributed by atoms with E-state index in [9.17, 15) is 9.59 Å². The van der Waals surface area contributed by atoms with Crippen molar-refractivity contribution in [2.45, 2.75) is 31.2 Å². The van der Waals surface area contributed by atoms with Crippen molar-refractivity contribution in [1.29, 1.82) is 0 Å². The number of carbonyl (C=O) groups excluding carboxylic acids is 2. The van der Waals surface area contributed by atoms with Gasteiger partial charge in [0.05, 0.1) is 13.0 Å². The van der Waals surface area contributed by atoms with Crippen molar-refractivity contribution >= 4 is 27.8 Å². The van der Waals surface area contributed by atoms with E-state index in [4.69, 9.17) is 4.74 Å². The van der Waals surface area contributed by atoms with Gasteiger partial charge in [-0.2, -0.15) is 0 Å². The normalized spacial score (nSPS) is 27.1. The van der Waals surface area contributed by atoms with Crippen LogP contribution >= 0.6 is 15.9 Å². The molecule has 2 fully saturated rings. The minimum Gasteiger partial charge on any atom is -0.467 e. The van der Waals surface area contributed by atoms with Gasteiger partial charge >= 0.3 is 5.97 Å². The molecular weight excluding hydrogens is 372 g/mol. The molecule has 5 nitrogen and oxygen atoms in total. The Labute approximate surface area is 150 Å². The van der Waals surface area contributed by atoms with Crippen molar-refractivity contribution in [3.63, 3.8) is 0 Å². The number of nitrogens with one attached hydrogen (secondary N) is 1. The molecule has 1 N–H and O–H groups in total. The van der Waals surface area contributed by atoms with Gasteiger partial charge in [0.1, 0.15) is 6.04 Å². The fourth-order valence-electron chi connectivity index (χ4n) is 3.83. The Balaban J connectivity index is 1.82. The average Bonchev–Trinajstić information content (AvgIpc) is 3.10. The topological polar surface area (TPSA) is 58.6 Å². The van der Waals surface area contributed by atoms with Gasteiger partial charge in [-0.15, -0.1) is 0 Å². The minimum atomic E-state index is -0.434. The molecule has 0 unspecified atom stereocenters. The van der Waals surface area contributed by atoms with Gasteiger partial charge in [0, 0.05) is 30.0 Å². The van der Waals surface area contributed by atoms with Crippen molar-refractivity contribution in [3.8, 4) is 0 Å². The molecule has 1 aromatic carbocycles. The molecule has 0 aromatic heterocycles.